The molecule has 2 rings (SSSR count). The smallest absolute Gasteiger partial charge is 0.433 e. The number of pyridine rings is 1. The molecule has 2 nitrogen and oxygen atoms in total. The first kappa shape index (κ1) is 13.6. The summed E-state index contributed by atoms with van der Waals surface area (Å²) in [6.45, 7) is 3.91. The first-order chi connectivity index (χ1) is 8.82. The number of ether oxygens (including phenoxy) is 1. The fourth-order valence-corrected chi connectivity index (χ4v) is 1.88. The summed E-state index contributed by atoms with van der Waals surface area (Å²) in [5.41, 5.74) is 0.993. The van der Waals surface area contributed by atoms with Crippen molar-refractivity contribution < 1.29 is 17.9 Å². The Morgan fingerprint density at radius 3 is 2.58 bits per heavy atom. The molecule has 0 amide bonds. The van der Waals surface area contributed by atoms with Crippen LogP contribution < -0.4 is 4.74 Å². The maximum atomic E-state index is 12.8. The normalized spacial score (nSPS) is 18.6. The van der Waals surface area contributed by atoms with Gasteiger partial charge in [0, 0.05) is 11.6 Å². The summed E-state index contributed by atoms with van der Waals surface area (Å²) in [6.07, 6.45) is 0.799. The molecule has 1 aromatic heterocycles. The van der Waals surface area contributed by atoms with Gasteiger partial charge in [0.05, 0.1) is 12.8 Å². The van der Waals surface area contributed by atoms with E-state index in [9.17, 15) is 13.2 Å². The van der Waals surface area contributed by atoms with Crippen LogP contribution in [0, 0.1) is 5.92 Å². The third-order valence-corrected chi connectivity index (χ3v) is 3.19. The fourth-order valence-electron chi connectivity index (χ4n) is 1.88. The van der Waals surface area contributed by atoms with Crippen LogP contribution in [0.2, 0.25) is 0 Å². The van der Waals surface area contributed by atoms with E-state index in [2.05, 4.69) is 4.98 Å². The molecule has 0 N–H and O–H groups in total. The van der Waals surface area contributed by atoms with Crippen LogP contribution in [0.15, 0.2) is 17.7 Å². The standard InChI is InChI=1S/C14H14F3NO/c1-8-4-5-11-10(6-9(8)2)12(19-3)7-13(18-11)14(15,16)17/h4-8H,1-3H3/t8-/m0/s1. The Morgan fingerprint density at radius 2 is 2.00 bits per heavy atom. The van der Waals surface area contributed by atoms with Gasteiger partial charge in [0.1, 0.15) is 11.4 Å². The third-order valence-electron chi connectivity index (χ3n) is 3.19. The van der Waals surface area contributed by atoms with Crippen molar-refractivity contribution in [1.82, 2.24) is 4.98 Å². The first-order valence-electron chi connectivity index (χ1n) is 5.85. The minimum absolute atomic E-state index is 0.160. The lowest BCUT2D eigenvalue weighted by Gasteiger charge is -2.12. The highest BCUT2D eigenvalue weighted by Crippen LogP contribution is 2.36. The molecule has 1 atom stereocenters. The van der Waals surface area contributed by atoms with E-state index in [-0.39, 0.29) is 17.4 Å². The van der Waals surface area contributed by atoms with E-state index in [1.54, 1.807) is 6.08 Å². The number of aromatic nitrogens is 1. The monoisotopic (exact) mass is 269 g/mol. The SMILES string of the molecule is COc1cc(C(F)(F)F)nc2c1C=C(C)[C@@H](C)C=C2. The number of methoxy groups -OCH3 is 1. The number of allylic oxidation sites excluding steroid dienone is 2. The van der Waals surface area contributed by atoms with Gasteiger partial charge in [0.2, 0.25) is 0 Å². The molecule has 0 fully saturated rings. The summed E-state index contributed by atoms with van der Waals surface area (Å²) in [4.78, 5) is 3.69. The van der Waals surface area contributed by atoms with Gasteiger partial charge in [-0.25, -0.2) is 4.98 Å². The molecule has 0 aliphatic heterocycles. The van der Waals surface area contributed by atoms with Crippen LogP contribution in [-0.2, 0) is 6.18 Å². The lowest BCUT2D eigenvalue weighted by molar-refractivity contribution is -0.141. The summed E-state index contributed by atoms with van der Waals surface area (Å²) in [5.74, 6) is 0.351. The molecular weight excluding hydrogens is 255 g/mol. The Hall–Kier alpha value is -1.78. The van der Waals surface area contributed by atoms with E-state index in [0.717, 1.165) is 11.6 Å². The summed E-state index contributed by atoms with van der Waals surface area (Å²) >= 11 is 0. The predicted octanol–water partition coefficient (Wildman–Crippen LogP) is 4.18. The zero-order valence-electron chi connectivity index (χ0n) is 10.9. The summed E-state index contributed by atoms with van der Waals surface area (Å²) in [5, 5.41) is 0. The molecular formula is C14H14F3NO. The largest absolute Gasteiger partial charge is 0.496 e. The molecule has 0 spiro atoms. The van der Waals surface area contributed by atoms with Gasteiger partial charge in [-0.3, -0.25) is 0 Å². The molecule has 5 heteroatoms. The number of hydrogen-bond donors (Lipinski definition) is 0. The van der Waals surface area contributed by atoms with Gasteiger partial charge in [0.25, 0.3) is 0 Å². The summed E-state index contributed by atoms with van der Waals surface area (Å²) in [6, 6.07) is 0.937. The van der Waals surface area contributed by atoms with Gasteiger partial charge in [-0.2, -0.15) is 13.2 Å². The topological polar surface area (TPSA) is 22.1 Å². The zero-order valence-corrected chi connectivity index (χ0v) is 10.9. The first-order valence-corrected chi connectivity index (χ1v) is 5.85. The molecule has 1 heterocycles. The van der Waals surface area contributed by atoms with Gasteiger partial charge in [-0.1, -0.05) is 18.6 Å². The number of hydrogen-bond acceptors (Lipinski definition) is 2. The molecule has 19 heavy (non-hydrogen) atoms. The Bertz CT molecular complexity index is 559. The molecule has 0 saturated heterocycles. The molecule has 0 aromatic carbocycles. The minimum atomic E-state index is -4.48. The van der Waals surface area contributed by atoms with E-state index in [1.807, 2.05) is 26.0 Å². The van der Waals surface area contributed by atoms with Crippen LogP contribution in [-0.4, -0.2) is 12.1 Å². The minimum Gasteiger partial charge on any atom is -0.496 e. The molecule has 0 bridgehead atoms. The van der Waals surface area contributed by atoms with Crippen molar-refractivity contribution in [3.8, 4) is 5.75 Å². The van der Waals surface area contributed by atoms with Crippen LogP contribution in [0.5, 0.6) is 5.75 Å². The number of alkyl halides is 3. The molecule has 1 aliphatic carbocycles. The summed E-state index contributed by atoms with van der Waals surface area (Å²) in [7, 11) is 1.36. The Labute approximate surface area is 109 Å². The highest BCUT2D eigenvalue weighted by Gasteiger charge is 2.34. The van der Waals surface area contributed by atoms with Crippen molar-refractivity contribution in [2.24, 2.45) is 5.92 Å². The Balaban J connectivity index is 2.67. The van der Waals surface area contributed by atoms with E-state index >= 15 is 0 Å². The predicted molar refractivity (Wildman–Crippen MR) is 67.6 cm³/mol. The van der Waals surface area contributed by atoms with Gasteiger partial charge < -0.3 is 4.74 Å². The maximum absolute atomic E-state index is 12.8. The molecule has 1 aliphatic rings. The van der Waals surface area contributed by atoms with E-state index in [4.69, 9.17) is 4.74 Å². The third kappa shape index (κ3) is 2.64. The van der Waals surface area contributed by atoms with Crippen LogP contribution >= 0.6 is 0 Å². The van der Waals surface area contributed by atoms with Crippen LogP contribution in [0.1, 0.15) is 30.8 Å². The van der Waals surface area contributed by atoms with E-state index in [1.165, 1.54) is 7.11 Å². The van der Waals surface area contributed by atoms with Crippen LogP contribution in [0.4, 0.5) is 13.2 Å². The van der Waals surface area contributed by atoms with Gasteiger partial charge in [-0.05, 0) is 25.0 Å². The number of rotatable bonds is 1. The highest BCUT2D eigenvalue weighted by atomic mass is 19.4. The van der Waals surface area contributed by atoms with Crippen molar-refractivity contribution in [2.75, 3.05) is 7.11 Å². The lowest BCUT2D eigenvalue weighted by atomic mass is 10.0. The number of halogens is 3. The number of fused-ring (bicyclic) bond motifs is 1. The van der Waals surface area contributed by atoms with Gasteiger partial charge in [0.15, 0.2) is 0 Å². The Morgan fingerprint density at radius 1 is 1.32 bits per heavy atom. The Kier molecular flexibility index (Phi) is 3.39. The maximum Gasteiger partial charge on any atom is 0.433 e. The second-order valence-corrected chi connectivity index (χ2v) is 4.54. The van der Waals surface area contributed by atoms with Crippen molar-refractivity contribution in [3.05, 3.63) is 34.7 Å². The van der Waals surface area contributed by atoms with Crippen LogP contribution in [0.3, 0.4) is 0 Å². The lowest BCUT2D eigenvalue weighted by Crippen LogP contribution is -2.10. The zero-order chi connectivity index (χ0) is 14.2. The van der Waals surface area contributed by atoms with Crippen molar-refractivity contribution >= 4 is 12.2 Å². The molecule has 1 aromatic rings. The quantitative estimate of drug-likeness (QED) is 0.763. The van der Waals surface area contributed by atoms with E-state index < -0.39 is 11.9 Å². The average molecular weight is 269 g/mol. The van der Waals surface area contributed by atoms with Gasteiger partial charge in [-0.15, -0.1) is 0 Å². The second kappa shape index (κ2) is 4.72. The van der Waals surface area contributed by atoms with E-state index in [0.29, 0.717) is 5.56 Å². The summed E-state index contributed by atoms with van der Waals surface area (Å²) < 4.78 is 43.4. The van der Waals surface area contributed by atoms with Crippen molar-refractivity contribution in [1.29, 1.82) is 0 Å². The van der Waals surface area contributed by atoms with Gasteiger partial charge >= 0.3 is 6.18 Å². The van der Waals surface area contributed by atoms with Crippen molar-refractivity contribution in [2.45, 2.75) is 20.0 Å². The molecule has 0 unspecified atom stereocenters. The number of nitrogens with zero attached hydrogens (tertiary/aromatic N) is 1. The fraction of sp³-hybridized carbons (Fsp3) is 0.357. The highest BCUT2D eigenvalue weighted by molar-refractivity contribution is 5.72. The molecule has 102 valence electrons. The van der Waals surface area contributed by atoms with Crippen LogP contribution in [0.25, 0.3) is 12.2 Å². The van der Waals surface area contributed by atoms with Crippen molar-refractivity contribution in [3.63, 3.8) is 0 Å². The average Bonchev–Trinajstić information content (AvgIpc) is 2.48. The molecule has 0 saturated carbocycles. The second-order valence-electron chi connectivity index (χ2n) is 4.54. The molecule has 0 radical (unpaired) electrons.